The van der Waals surface area contributed by atoms with Gasteiger partial charge in [-0.1, -0.05) is 0 Å². The molecule has 9 nitrogen and oxygen atoms in total. The molecular formula is C24H28NO8S+. The van der Waals surface area contributed by atoms with Crippen LogP contribution in [0.5, 0.6) is 28.7 Å². The molecule has 1 unspecified atom stereocenters. The van der Waals surface area contributed by atoms with E-state index in [-0.39, 0.29) is 22.1 Å². The lowest BCUT2D eigenvalue weighted by molar-refractivity contribution is 0.0802. The van der Waals surface area contributed by atoms with Gasteiger partial charge in [0.2, 0.25) is 5.75 Å². The Morgan fingerprint density at radius 2 is 1.68 bits per heavy atom. The number of rotatable bonds is 9. The highest BCUT2D eigenvalue weighted by Crippen LogP contribution is 2.38. The molecule has 0 saturated heterocycles. The zero-order valence-corrected chi connectivity index (χ0v) is 20.8. The van der Waals surface area contributed by atoms with Crippen LogP contribution in [0, 0.1) is 0 Å². The number of hydrogen-bond donors (Lipinski definition) is 1. The van der Waals surface area contributed by atoms with Crippen LogP contribution in [-0.2, 0) is 10.9 Å². The lowest BCUT2D eigenvalue weighted by Crippen LogP contribution is -2.32. The first kappa shape index (κ1) is 25.1. The van der Waals surface area contributed by atoms with Crippen LogP contribution >= 0.6 is 0 Å². The second-order valence-corrected chi connectivity index (χ2v) is 9.50. The summed E-state index contributed by atoms with van der Waals surface area (Å²) in [7, 11) is 6.94. The number of methoxy groups -OCH3 is 4. The Morgan fingerprint density at radius 3 is 2.24 bits per heavy atom. The summed E-state index contributed by atoms with van der Waals surface area (Å²) < 4.78 is 26.6. The standard InChI is InChI=1S/C24H27NO8S/c1-25(23(27)14-11-18(30-3)21(32-5)19(12-14)31-4)9-10-34(6)22-20(26)16-13-15(29-2)7-8-17(16)33-24(22)28/h7-8,11-13H,9-10H2,1-6H3/p+1. The topological polar surface area (TPSA) is 108 Å². The van der Waals surface area contributed by atoms with E-state index in [2.05, 4.69) is 0 Å². The quantitative estimate of drug-likeness (QED) is 0.360. The number of amides is 1. The molecule has 0 saturated carbocycles. The van der Waals surface area contributed by atoms with Gasteiger partial charge >= 0.3 is 5.63 Å². The maximum absolute atomic E-state index is 13.0. The predicted molar refractivity (Wildman–Crippen MR) is 130 cm³/mol. The van der Waals surface area contributed by atoms with Crippen LogP contribution in [0.25, 0.3) is 11.0 Å². The highest BCUT2D eigenvalue weighted by molar-refractivity contribution is 7.96. The molecule has 10 heteroatoms. The van der Waals surface area contributed by atoms with Gasteiger partial charge in [0, 0.05) is 23.5 Å². The smallest absolute Gasteiger partial charge is 0.396 e. The Labute approximate surface area is 200 Å². The van der Waals surface area contributed by atoms with Crippen LogP contribution < -0.4 is 24.6 Å². The third-order valence-corrected chi connectivity index (χ3v) is 7.24. The Kier molecular flexibility index (Phi) is 7.83. The van der Waals surface area contributed by atoms with Crippen molar-refractivity contribution in [2.24, 2.45) is 0 Å². The molecule has 34 heavy (non-hydrogen) atoms. The van der Waals surface area contributed by atoms with Crippen molar-refractivity contribution in [3.63, 3.8) is 0 Å². The lowest BCUT2D eigenvalue weighted by Gasteiger charge is -2.19. The number of nitrogens with zero attached hydrogens (tertiary/aromatic N) is 1. The van der Waals surface area contributed by atoms with Gasteiger partial charge < -0.3 is 33.4 Å². The van der Waals surface area contributed by atoms with Gasteiger partial charge in [-0.05, 0) is 30.3 Å². The van der Waals surface area contributed by atoms with Crippen molar-refractivity contribution in [3.05, 3.63) is 46.3 Å². The van der Waals surface area contributed by atoms with E-state index in [9.17, 15) is 14.7 Å². The highest BCUT2D eigenvalue weighted by atomic mass is 32.2. The van der Waals surface area contributed by atoms with Crippen LogP contribution in [-0.4, -0.2) is 70.0 Å². The Morgan fingerprint density at radius 1 is 1.03 bits per heavy atom. The number of ether oxygens (including phenoxy) is 4. The second kappa shape index (κ2) is 10.6. The fraction of sp³-hybridized carbons (Fsp3) is 0.333. The number of aromatic hydroxyl groups is 1. The van der Waals surface area contributed by atoms with Gasteiger partial charge in [-0.15, -0.1) is 0 Å². The van der Waals surface area contributed by atoms with Crippen LogP contribution in [0.1, 0.15) is 10.4 Å². The molecule has 182 valence electrons. The minimum absolute atomic E-state index is 0.130. The molecule has 1 atom stereocenters. The number of hydrogen-bond acceptors (Lipinski definition) is 8. The molecule has 1 aromatic heterocycles. The summed E-state index contributed by atoms with van der Waals surface area (Å²) in [6.45, 7) is 0.337. The highest BCUT2D eigenvalue weighted by Gasteiger charge is 2.30. The normalized spacial score (nSPS) is 11.7. The van der Waals surface area contributed by atoms with Gasteiger partial charge in [0.25, 0.3) is 10.8 Å². The molecule has 2 aromatic carbocycles. The van der Waals surface area contributed by atoms with Gasteiger partial charge in [0.05, 0.1) is 40.4 Å². The second-order valence-electron chi connectivity index (χ2n) is 7.41. The predicted octanol–water partition coefficient (Wildman–Crippen LogP) is 2.91. The number of carbonyl (C=O) groups is 1. The minimum atomic E-state index is -0.692. The molecule has 0 fully saturated rings. The largest absolute Gasteiger partial charge is 0.503 e. The van der Waals surface area contributed by atoms with E-state index in [4.69, 9.17) is 23.4 Å². The van der Waals surface area contributed by atoms with Crippen molar-refractivity contribution in [1.82, 2.24) is 4.90 Å². The van der Waals surface area contributed by atoms with Crippen LogP contribution in [0.3, 0.4) is 0 Å². The zero-order valence-electron chi connectivity index (χ0n) is 20.0. The van der Waals surface area contributed by atoms with Gasteiger partial charge in [-0.3, -0.25) is 4.79 Å². The number of benzene rings is 2. The van der Waals surface area contributed by atoms with Gasteiger partial charge in [0.15, 0.2) is 17.2 Å². The first-order valence-corrected chi connectivity index (χ1v) is 12.1. The molecule has 0 aliphatic rings. The Bertz CT molecular complexity index is 1230. The molecule has 1 N–H and O–H groups in total. The maximum Gasteiger partial charge on any atom is 0.396 e. The first-order valence-electron chi connectivity index (χ1n) is 10.3. The molecule has 3 aromatic rings. The summed E-state index contributed by atoms with van der Waals surface area (Å²) in [4.78, 5) is 27.3. The fourth-order valence-electron chi connectivity index (χ4n) is 3.49. The van der Waals surface area contributed by atoms with Crippen molar-refractivity contribution >= 4 is 27.8 Å². The summed E-state index contributed by atoms with van der Waals surface area (Å²) in [5.41, 5.74) is 0.0477. The van der Waals surface area contributed by atoms with Crippen LogP contribution in [0.15, 0.2) is 44.4 Å². The maximum atomic E-state index is 13.0. The SMILES string of the molecule is COc1ccc2oc(=O)c([S+](C)CCN(C)C(=O)c3cc(OC)c(OC)c(OC)c3)c(O)c2c1. The summed E-state index contributed by atoms with van der Waals surface area (Å²) in [5, 5.41) is 11.2. The van der Waals surface area contributed by atoms with Gasteiger partial charge in [-0.25, -0.2) is 4.79 Å². The lowest BCUT2D eigenvalue weighted by atomic mass is 10.1. The summed E-state index contributed by atoms with van der Waals surface area (Å²) in [6.07, 6.45) is 1.83. The summed E-state index contributed by atoms with van der Waals surface area (Å²) >= 11 is 0. The molecule has 0 spiro atoms. The summed E-state index contributed by atoms with van der Waals surface area (Å²) in [5.74, 6) is 1.75. The molecule has 0 bridgehead atoms. The van der Waals surface area contributed by atoms with E-state index < -0.39 is 16.5 Å². The average Bonchev–Trinajstić information content (AvgIpc) is 2.85. The third kappa shape index (κ3) is 4.86. The number of fused-ring (bicyclic) bond motifs is 1. The van der Waals surface area contributed by atoms with Gasteiger partial charge in [0.1, 0.15) is 23.3 Å². The first-order chi connectivity index (χ1) is 16.2. The zero-order chi connectivity index (χ0) is 25.0. The van der Waals surface area contributed by atoms with Gasteiger partial charge in [-0.2, -0.15) is 0 Å². The van der Waals surface area contributed by atoms with Crippen molar-refractivity contribution in [2.75, 3.05) is 54.0 Å². The Hall–Kier alpha value is -3.53. The molecule has 0 aliphatic heterocycles. The minimum Gasteiger partial charge on any atom is -0.503 e. The third-order valence-electron chi connectivity index (χ3n) is 5.38. The monoisotopic (exact) mass is 490 g/mol. The van der Waals surface area contributed by atoms with Crippen LogP contribution in [0.4, 0.5) is 0 Å². The van der Waals surface area contributed by atoms with E-state index in [0.29, 0.717) is 46.2 Å². The van der Waals surface area contributed by atoms with Crippen molar-refractivity contribution in [1.29, 1.82) is 0 Å². The van der Waals surface area contributed by atoms with E-state index >= 15 is 0 Å². The van der Waals surface area contributed by atoms with E-state index in [1.807, 2.05) is 6.26 Å². The molecule has 0 aliphatic carbocycles. The molecule has 0 radical (unpaired) electrons. The molecular weight excluding hydrogens is 462 g/mol. The molecule has 1 amide bonds. The average molecular weight is 491 g/mol. The van der Waals surface area contributed by atoms with E-state index in [1.54, 1.807) is 37.4 Å². The van der Waals surface area contributed by atoms with Crippen molar-refractivity contribution in [2.45, 2.75) is 4.90 Å². The fourth-order valence-corrected chi connectivity index (χ4v) is 5.00. The van der Waals surface area contributed by atoms with Crippen molar-refractivity contribution < 1.29 is 33.3 Å². The van der Waals surface area contributed by atoms with E-state index in [1.165, 1.54) is 33.3 Å². The number of carbonyl (C=O) groups excluding carboxylic acids is 1. The Balaban J connectivity index is 1.81. The van der Waals surface area contributed by atoms with E-state index in [0.717, 1.165) is 0 Å². The summed E-state index contributed by atoms with van der Waals surface area (Å²) in [6, 6.07) is 8.02. The molecule has 1 heterocycles. The van der Waals surface area contributed by atoms with Crippen LogP contribution in [0.2, 0.25) is 0 Å². The molecule has 3 rings (SSSR count). The van der Waals surface area contributed by atoms with Crippen molar-refractivity contribution in [3.8, 4) is 28.7 Å².